The van der Waals surface area contributed by atoms with Crippen molar-refractivity contribution in [3.8, 4) is 17.0 Å². The fourth-order valence-electron chi connectivity index (χ4n) is 3.22. The van der Waals surface area contributed by atoms with Crippen molar-refractivity contribution in [1.29, 1.82) is 0 Å². The molecule has 0 spiro atoms. The number of nitrogens with one attached hydrogen (secondary N) is 2. The summed E-state index contributed by atoms with van der Waals surface area (Å²) in [5.41, 5.74) is 2.36. The van der Waals surface area contributed by atoms with E-state index in [1.165, 1.54) is 0 Å². The van der Waals surface area contributed by atoms with Crippen LogP contribution in [0.25, 0.3) is 11.3 Å². The van der Waals surface area contributed by atoms with Gasteiger partial charge in [-0.3, -0.25) is 14.6 Å². The molecule has 0 aliphatic carbocycles. The summed E-state index contributed by atoms with van der Waals surface area (Å²) in [6, 6.07) is 3.38. The van der Waals surface area contributed by atoms with E-state index in [1.807, 2.05) is 0 Å². The number of hydrogen-bond donors (Lipinski definition) is 3. The Morgan fingerprint density at radius 3 is 3.00 bits per heavy atom. The number of aromatic nitrogens is 2. The summed E-state index contributed by atoms with van der Waals surface area (Å²) < 4.78 is 11.2. The maximum atomic E-state index is 12.4. The number of carbonyl (C=O) groups excluding carboxylic acids is 2. The lowest BCUT2D eigenvalue weighted by molar-refractivity contribution is -0.134. The standard InChI is InChI=1S/C18H18N4O6/c23-16-9-27-10(6-20-16)8-28-15-7-19-3-1-11(15)14-5-12-13(21-14)2-4-22(17(12)24)18(25)26/h1,3,5,7,10,21H,2,4,6,8-9H2,(H,20,23)(H,25,26)/t10-/m0/s1. The number of amides is 3. The maximum absolute atomic E-state index is 12.4. The van der Waals surface area contributed by atoms with Crippen LogP contribution in [-0.4, -0.2) is 70.3 Å². The molecule has 0 radical (unpaired) electrons. The number of pyridine rings is 1. The minimum atomic E-state index is -1.26. The highest BCUT2D eigenvalue weighted by Crippen LogP contribution is 2.32. The van der Waals surface area contributed by atoms with Crippen LogP contribution in [0, 0.1) is 0 Å². The number of hydrogen-bond acceptors (Lipinski definition) is 6. The third-order valence-corrected chi connectivity index (χ3v) is 4.67. The smallest absolute Gasteiger partial charge is 0.414 e. The van der Waals surface area contributed by atoms with Crippen LogP contribution in [-0.2, 0) is 16.0 Å². The Morgan fingerprint density at radius 2 is 2.25 bits per heavy atom. The van der Waals surface area contributed by atoms with Gasteiger partial charge in [-0.05, 0) is 12.1 Å². The molecule has 2 aliphatic rings. The molecule has 0 aromatic carbocycles. The van der Waals surface area contributed by atoms with Gasteiger partial charge in [0.05, 0.1) is 17.5 Å². The number of imide groups is 1. The molecule has 2 aliphatic heterocycles. The molecule has 0 saturated carbocycles. The highest BCUT2D eigenvalue weighted by molar-refractivity contribution is 6.05. The second kappa shape index (κ2) is 7.31. The molecule has 2 aromatic heterocycles. The van der Waals surface area contributed by atoms with E-state index in [1.54, 1.807) is 24.5 Å². The number of morpholine rings is 1. The molecular formula is C18H18N4O6. The summed E-state index contributed by atoms with van der Waals surface area (Å²) in [4.78, 5) is 42.8. The van der Waals surface area contributed by atoms with Crippen LogP contribution in [0.15, 0.2) is 24.5 Å². The highest BCUT2D eigenvalue weighted by atomic mass is 16.5. The predicted molar refractivity (Wildman–Crippen MR) is 95.0 cm³/mol. The number of H-pyrrole nitrogens is 1. The lowest BCUT2D eigenvalue weighted by Crippen LogP contribution is -2.45. The fraction of sp³-hybridized carbons (Fsp3) is 0.333. The third kappa shape index (κ3) is 3.41. The van der Waals surface area contributed by atoms with Gasteiger partial charge in [0.25, 0.3) is 5.91 Å². The quantitative estimate of drug-likeness (QED) is 0.702. The number of carboxylic acid groups (broad SMARTS) is 1. The Balaban J connectivity index is 1.54. The molecule has 4 heterocycles. The van der Waals surface area contributed by atoms with Gasteiger partial charge in [0.2, 0.25) is 5.91 Å². The van der Waals surface area contributed by atoms with Gasteiger partial charge in [-0.25, -0.2) is 9.69 Å². The molecule has 0 bridgehead atoms. The van der Waals surface area contributed by atoms with Gasteiger partial charge in [0.1, 0.15) is 25.1 Å². The van der Waals surface area contributed by atoms with E-state index in [0.29, 0.717) is 41.2 Å². The van der Waals surface area contributed by atoms with Crippen molar-refractivity contribution in [1.82, 2.24) is 20.2 Å². The van der Waals surface area contributed by atoms with E-state index < -0.39 is 12.0 Å². The molecule has 4 rings (SSSR count). The van der Waals surface area contributed by atoms with E-state index in [4.69, 9.17) is 14.6 Å². The summed E-state index contributed by atoms with van der Waals surface area (Å²) in [5.74, 6) is -0.210. The first kappa shape index (κ1) is 18.0. The van der Waals surface area contributed by atoms with Gasteiger partial charge in [-0.2, -0.15) is 0 Å². The Hall–Kier alpha value is -3.40. The van der Waals surface area contributed by atoms with E-state index in [-0.39, 0.29) is 31.8 Å². The summed E-state index contributed by atoms with van der Waals surface area (Å²) in [7, 11) is 0. The zero-order valence-electron chi connectivity index (χ0n) is 14.8. The lowest BCUT2D eigenvalue weighted by Gasteiger charge is -2.23. The third-order valence-electron chi connectivity index (χ3n) is 4.67. The molecule has 0 unspecified atom stereocenters. The first-order valence-corrected chi connectivity index (χ1v) is 8.75. The largest absolute Gasteiger partial charge is 0.488 e. The van der Waals surface area contributed by atoms with Crippen molar-refractivity contribution < 1.29 is 29.0 Å². The number of carbonyl (C=O) groups is 3. The summed E-state index contributed by atoms with van der Waals surface area (Å²) in [6.45, 7) is 0.709. The molecular weight excluding hydrogens is 368 g/mol. The molecule has 146 valence electrons. The van der Waals surface area contributed by atoms with Crippen LogP contribution in [0.5, 0.6) is 5.75 Å². The van der Waals surface area contributed by atoms with E-state index in [2.05, 4.69) is 15.3 Å². The van der Waals surface area contributed by atoms with E-state index in [9.17, 15) is 14.4 Å². The van der Waals surface area contributed by atoms with Gasteiger partial charge < -0.3 is 24.9 Å². The minimum Gasteiger partial charge on any atom is -0.488 e. The average molecular weight is 386 g/mol. The Morgan fingerprint density at radius 1 is 1.39 bits per heavy atom. The summed E-state index contributed by atoms with van der Waals surface area (Å²) in [6.07, 6.45) is 2.05. The van der Waals surface area contributed by atoms with Gasteiger partial charge >= 0.3 is 6.09 Å². The van der Waals surface area contributed by atoms with Crippen LogP contribution in [0.1, 0.15) is 16.1 Å². The average Bonchev–Trinajstić information content (AvgIpc) is 3.13. The maximum Gasteiger partial charge on any atom is 0.414 e. The van der Waals surface area contributed by atoms with Crippen molar-refractivity contribution in [3.63, 3.8) is 0 Å². The Labute approximate surface area is 159 Å². The number of nitrogens with zero attached hydrogens (tertiary/aromatic N) is 2. The summed E-state index contributed by atoms with van der Waals surface area (Å²) >= 11 is 0. The molecule has 1 fully saturated rings. The predicted octanol–water partition coefficient (Wildman–Crippen LogP) is 0.647. The minimum absolute atomic E-state index is 0.000535. The van der Waals surface area contributed by atoms with Crippen LogP contribution in [0.3, 0.4) is 0 Å². The molecule has 3 amide bonds. The molecule has 28 heavy (non-hydrogen) atoms. The second-order valence-corrected chi connectivity index (χ2v) is 6.48. The first-order chi connectivity index (χ1) is 13.5. The van der Waals surface area contributed by atoms with Crippen molar-refractivity contribution in [2.45, 2.75) is 12.5 Å². The molecule has 2 aromatic rings. The Bertz CT molecular complexity index is 930. The monoisotopic (exact) mass is 386 g/mol. The van der Waals surface area contributed by atoms with Crippen LogP contribution >= 0.6 is 0 Å². The molecule has 1 atom stereocenters. The Kier molecular flexibility index (Phi) is 4.70. The van der Waals surface area contributed by atoms with E-state index >= 15 is 0 Å². The van der Waals surface area contributed by atoms with Gasteiger partial charge in [0, 0.05) is 37.0 Å². The lowest BCUT2D eigenvalue weighted by atomic mass is 10.1. The van der Waals surface area contributed by atoms with Crippen molar-refractivity contribution in [2.75, 3.05) is 26.3 Å². The van der Waals surface area contributed by atoms with Crippen molar-refractivity contribution in [3.05, 3.63) is 35.8 Å². The zero-order chi connectivity index (χ0) is 19.7. The number of fused-ring (bicyclic) bond motifs is 1. The van der Waals surface area contributed by atoms with Crippen LogP contribution in [0.4, 0.5) is 4.79 Å². The number of ether oxygens (including phenoxy) is 2. The molecule has 10 heteroatoms. The van der Waals surface area contributed by atoms with Crippen LogP contribution < -0.4 is 10.1 Å². The first-order valence-electron chi connectivity index (χ1n) is 8.75. The highest BCUT2D eigenvalue weighted by Gasteiger charge is 2.31. The van der Waals surface area contributed by atoms with Crippen molar-refractivity contribution in [2.24, 2.45) is 0 Å². The number of rotatable bonds is 4. The summed E-state index contributed by atoms with van der Waals surface area (Å²) in [5, 5.41) is 11.9. The SMILES string of the molecule is O=C1CO[C@H](COc2cnccc2-c2cc3c([nH]2)CCN(C(=O)O)C3=O)CN1. The van der Waals surface area contributed by atoms with Gasteiger partial charge in [-0.1, -0.05) is 0 Å². The van der Waals surface area contributed by atoms with Gasteiger partial charge in [0.15, 0.2) is 0 Å². The zero-order valence-corrected chi connectivity index (χ0v) is 14.8. The number of aromatic amines is 1. The molecule has 3 N–H and O–H groups in total. The van der Waals surface area contributed by atoms with Crippen molar-refractivity contribution >= 4 is 17.9 Å². The molecule has 10 nitrogen and oxygen atoms in total. The topological polar surface area (TPSA) is 134 Å². The van der Waals surface area contributed by atoms with E-state index in [0.717, 1.165) is 4.90 Å². The fourth-order valence-corrected chi connectivity index (χ4v) is 3.22. The van der Waals surface area contributed by atoms with Crippen LogP contribution in [0.2, 0.25) is 0 Å². The molecule has 1 saturated heterocycles. The van der Waals surface area contributed by atoms with Gasteiger partial charge in [-0.15, -0.1) is 0 Å². The normalized spacial score (nSPS) is 19.1. The second-order valence-electron chi connectivity index (χ2n) is 6.48.